The molecule has 2 aromatic rings. The van der Waals surface area contributed by atoms with Crippen molar-refractivity contribution in [3.63, 3.8) is 0 Å². The summed E-state index contributed by atoms with van der Waals surface area (Å²) < 4.78 is 26.1. The van der Waals surface area contributed by atoms with Crippen LogP contribution in [0.4, 0.5) is 14.6 Å². The number of anilines is 1. The van der Waals surface area contributed by atoms with Gasteiger partial charge < -0.3 is 10.2 Å². The van der Waals surface area contributed by atoms with Crippen molar-refractivity contribution in [2.24, 2.45) is 0 Å². The summed E-state index contributed by atoms with van der Waals surface area (Å²) in [5.74, 6) is -1.68. The number of fused-ring (bicyclic) bond motifs is 1. The number of hydrogen-bond acceptors (Lipinski definition) is 5. The van der Waals surface area contributed by atoms with Crippen LogP contribution in [-0.2, 0) is 17.6 Å². The lowest BCUT2D eigenvalue weighted by molar-refractivity contribution is -0.130. The predicted molar refractivity (Wildman–Crippen MR) is 101 cm³/mol. The average Bonchev–Trinajstić information content (AvgIpc) is 3.14. The molecule has 28 heavy (non-hydrogen) atoms. The van der Waals surface area contributed by atoms with Gasteiger partial charge in [-0.15, -0.1) is 0 Å². The molecule has 2 heterocycles. The van der Waals surface area contributed by atoms with Gasteiger partial charge in [0.2, 0.25) is 5.91 Å². The van der Waals surface area contributed by atoms with Gasteiger partial charge in [-0.1, -0.05) is 6.07 Å². The Labute approximate surface area is 162 Å². The second kappa shape index (κ2) is 7.07. The van der Waals surface area contributed by atoms with E-state index in [4.69, 9.17) is 4.98 Å². The van der Waals surface area contributed by atoms with Crippen molar-refractivity contribution in [2.75, 3.05) is 11.9 Å². The molecule has 4 rings (SSSR count). The molecule has 6 nitrogen and oxygen atoms in total. The van der Waals surface area contributed by atoms with Gasteiger partial charge in [0.25, 0.3) is 5.92 Å². The Balaban J connectivity index is 1.57. The lowest BCUT2D eigenvalue weighted by Crippen LogP contribution is -2.54. The third-order valence-electron chi connectivity index (χ3n) is 5.54. The van der Waals surface area contributed by atoms with Crippen LogP contribution >= 0.6 is 0 Å². The third kappa shape index (κ3) is 3.55. The highest BCUT2D eigenvalue weighted by Crippen LogP contribution is 2.37. The number of carbonyl (C=O) groups is 1. The zero-order chi connectivity index (χ0) is 19.9. The van der Waals surface area contributed by atoms with Crippen LogP contribution in [0.1, 0.15) is 37.4 Å². The first-order chi connectivity index (χ1) is 13.3. The number of aryl methyl sites for hydroxylation is 1. The molecule has 148 valence electrons. The van der Waals surface area contributed by atoms with Crippen molar-refractivity contribution in [1.29, 1.82) is 0 Å². The summed E-state index contributed by atoms with van der Waals surface area (Å²) in [6.07, 6.45) is 3.84. The van der Waals surface area contributed by atoms with Gasteiger partial charge in [0.15, 0.2) is 5.82 Å². The highest BCUT2D eigenvalue weighted by molar-refractivity contribution is 5.85. The molecule has 0 radical (unpaired) electrons. The van der Waals surface area contributed by atoms with Gasteiger partial charge in [0.1, 0.15) is 17.6 Å². The molecule has 1 saturated carbocycles. The van der Waals surface area contributed by atoms with Gasteiger partial charge in [-0.25, -0.2) is 18.7 Å². The Morgan fingerprint density at radius 1 is 1.29 bits per heavy atom. The molecular formula is C20H23F2N5O. The van der Waals surface area contributed by atoms with Crippen molar-refractivity contribution in [1.82, 2.24) is 20.3 Å². The molecule has 0 bridgehead atoms. The minimum absolute atomic E-state index is 0.271. The van der Waals surface area contributed by atoms with Crippen LogP contribution in [0.5, 0.6) is 0 Å². The zero-order valence-corrected chi connectivity index (χ0v) is 16.0. The van der Waals surface area contributed by atoms with Gasteiger partial charge in [-0.3, -0.25) is 9.78 Å². The number of nitrogens with zero attached hydrogens (tertiary/aromatic N) is 4. The lowest BCUT2D eigenvalue weighted by atomic mass is 9.88. The van der Waals surface area contributed by atoms with Crippen molar-refractivity contribution in [3.8, 4) is 11.5 Å². The fraction of sp³-hybridized carbons (Fsp3) is 0.500. The first-order valence-corrected chi connectivity index (χ1v) is 9.56. The van der Waals surface area contributed by atoms with Crippen molar-refractivity contribution >= 4 is 11.7 Å². The van der Waals surface area contributed by atoms with Crippen LogP contribution in [0.3, 0.4) is 0 Å². The van der Waals surface area contributed by atoms with Gasteiger partial charge in [0, 0.05) is 43.4 Å². The van der Waals surface area contributed by atoms with E-state index in [0.717, 1.165) is 30.5 Å². The maximum absolute atomic E-state index is 13.0. The molecule has 1 unspecified atom stereocenters. The molecule has 1 amide bonds. The van der Waals surface area contributed by atoms with Gasteiger partial charge >= 0.3 is 0 Å². The highest BCUT2D eigenvalue weighted by atomic mass is 19.3. The van der Waals surface area contributed by atoms with E-state index in [1.807, 2.05) is 30.1 Å². The van der Waals surface area contributed by atoms with E-state index in [0.29, 0.717) is 17.3 Å². The summed E-state index contributed by atoms with van der Waals surface area (Å²) in [7, 11) is 1.81. The fourth-order valence-electron chi connectivity index (χ4n) is 3.76. The van der Waals surface area contributed by atoms with Crippen LogP contribution in [0.25, 0.3) is 11.5 Å². The van der Waals surface area contributed by atoms with E-state index < -0.39 is 18.0 Å². The number of rotatable bonds is 5. The Morgan fingerprint density at radius 2 is 2.07 bits per heavy atom. The summed E-state index contributed by atoms with van der Waals surface area (Å²) in [4.78, 5) is 28.1. The van der Waals surface area contributed by atoms with Crippen LogP contribution in [-0.4, -0.2) is 45.9 Å². The van der Waals surface area contributed by atoms with Gasteiger partial charge in [-0.2, -0.15) is 0 Å². The number of aromatic nitrogens is 3. The standard InChI is InChI=1S/C20H23F2N5O/c1-12(19(28)24-13-10-20(21,22)11-13)27(2)18-14-6-5-8-15(14)25-17(26-18)16-7-3-4-9-23-16/h3-4,7,9,12-13H,5-6,8,10-11H2,1-2H3,(H,24,28). The minimum atomic E-state index is -2.65. The number of alkyl halides is 2. The fourth-order valence-corrected chi connectivity index (χ4v) is 3.76. The number of pyridine rings is 1. The van der Waals surface area contributed by atoms with Crippen molar-refractivity contribution in [2.45, 2.75) is 57.0 Å². The van der Waals surface area contributed by atoms with Gasteiger partial charge in [0.05, 0.1) is 0 Å². The molecule has 0 aromatic carbocycles. The maximum atomic E-state index is 13.0. The maximum Gasteiger partial charge on any atom is 0.252 e. The molecule has 0 saturated heterocycles. The Morgan fingerprint density at radius 3 is 2.75 bits per heavy atom. The van der Waals surface area contributed by atoms with Crippen molar-refractivity contribution in [3.05, 3.63) is 35.7 Å². The molecular weight excluding hydrogens is 364 g/mol. The summed E-state index contributed by atoms with van der Waals surface area (Å²) in [6, 6.07) is 4.57. The van der Waals surface area contributed by atoms with E-state index >= 15 is 0 Å². The number of nitrogens with one attached hydrogen (secondary N) is 1. The Bertz CT molecular complexity index is 882. The first-order valence-electron chi connectivity index (χ1n) is 9.56. The Kier molecular flexibility index (Phi) is 4.72. The van der Waals surface area contributed by atoms with Crippen molar-refractivity contribution < 1.29 is 13.6 Å². The smallest absolute Gasteiger partial charge is 0.252 e. The molecule has 1 N–H and O–H groups in total. The normalized spacial score (nSPS) is 18.9. The second-order valence-electron chi connectivity index (χ2n) is 7.62. The van der Waals surface area contributed by atoms with E-state index in [1.165, 1.54) is 0 Å². The number of hydrogen-bond donors (Lipinski definition) is 1. The topological polar surface area (TPSA) is 71.0 Å². The molecule has 2 aliphatic carbocycles. The molecule has 0 aliphatic heterocycles. The largest absolute Gasteiger partial charge is 0.351 e. The SMILES string of the molecule is CC(C(=O)NC1CC(F)(F)C1)N(C)c1nc(-c2ccccn2)nc2c1CCC2. The second-order valence-corrected chi connectivity index (χ2v) is 7.62. The molecule has 1 fully saturated rings. The monoisotopic (exact) mass is 387 g/mol. The molecule has 1 atom stereocenters. The Hall–Kier alpha value is -2.64. The van der Waals surface area contributed by atoms with Crippen LogP contribution in [0, 0.1) is 0 Å². The van der Waals surface area contributed by atoms with Crippen LogP contribution in [0.2, 0.25) is 0 Å². The average molecular weight is 387 g/mol. The van der Waals surface area contributed by atoms with Gasteiger partial charge in [-0.05, 0) is 38.3 Å². The molecule has 2 aromatic heterocycles. The predicted octanol–water partition coefficient (Wildman–Crippen LogP) is 2.77. The van der Waals surface area contributed by atoms with Crippen LogP contribution in [0.15, 0.2) is 24.4 Å². The van der Waals surface area contributed by atoms with E-state index in [9.17, 15) is 13.6 Å². The number of amides is 1. The molecule has 2 aliphatic rings. The van der Waals surface area contributed by atoms with E-state index in [-0.39, 0.29) is 18.7 Å². The lowest BCUT2D eigenvalue weighted by Gasteiger charge is -2.37. The summed E-state index contributed by atoms with van der Waals surface area (Å²) in [6.45, 7) is 1.76. The minimum Gasteiger partial charge on any atom is -0.351 e. The first kappa shape index (κ1) is 18.7. The summed E-state index contributed by atoms with van der Waals surface area (Å²) in [5.41, 5.74) is 2.72. The number of carbonyl (C=O) groups excluding carboxylic acids is 1. The quantitative estimate of drug-likeness (QED) is 0.854. The zero-order valence-electron chi connectivity index (χ0n) is 16.0. The number of likely N-dealkylation sites (N-methyl/N-ethyl adjacent to an activating group) is 1. The van der Waals surface area contributed by atoms with Crippen LogP contribution < -0.4 is 10.2 Å². The number of halogens is 2. The third-order valence-corrected chi connectivity index (χ3v) is 5.54. The summed E-state index contributed by atoms with van der Waals surface area (Å²) >= 11 is 0. The molecule has 0 spiro atoms. The van der Waals surface area contributed by atoms with E-state index in [2.05, 4.69) is 15.3 Å². The van der Waals surface area contributed by atoms with E-state index in [1.54, 1.807) is 13.1 Å². The summed E-state index contributed by atoms with van der Waals surface area (Å²) in [5, 5.41) is 2.72. The highest BCUT2D eigenvalue weighted by Gasteiger charge is 2.46. The molecule has 8 heteroatoms.